The average Bonchev–Trinajstić information content (AvgIpc) is 2.04. The lowest BCUT2D eigenvalue weighted by atomic mass is 9.93. The monoisotopic (exact) mass is 166 g/mol. The van der Waals surface area contributed by atoms with Gasteiger partial charge in [-0.1, -0.05) is 27.7 Å². The van der Waals surface area contributed by atoms with Gasteiger partial charge in [-0.3, -0.25) is 5.43 Å². The zero-order chi connectivity index (χ0) is 9.14. The Bertz CT molecular complexity index is 190. The van der Waals surface area contributed by atoms with Crippen LogP contribution in [0.15, 0.2) is 16.4 Å². The second-order valence-corrected chi connectivity index (χ2v) is 3.88. The Balaban J connectivity index is 2.85. The van der Waals surface area contributed by atoms with Crippen LogP contribution in [0.3, 0.4) is 0 Å². The highest BCUT2D eigenvalue weighted by atomic mass is 15.3. The Labute approximate surface area is 74.7 Å². The highest BCUT2D eigenvalue weighted by Gasteiger charge is 2.14. The third-order valence-corrected chi connectivity index (χ3v) is 2.21. The number of nitrogens with one attached hydrogen (secondary N) is 1. The molecule has 0 saturated carbocycles. The molecule has 0 fully saturated rings. The van der Waals surface area contributed by atoms with Gasteiger partial charge in [0.15, 0.2) is 0 Å². The summed E-state index contributed by atoms with van der Waals surface area (Å²) in [7, 11) is 0. The van der Waals surface area contributed by atoms with Gasteiger partial charge >= 0.3 is 0 Å². The quantitative estimate of drug-likeness (QED) is 0.669. The van der Waals surface area contributed by atoms with Gasteiger partial charge in [0.25, 0.3) is 0 Å². The fourth-order valence-electron chi connectivity index (χ4n) is 1.49. The molecule has 0 aromatic rings. The van der Waals surface area contributed by atoms with Crippen LogP contribution in [0, 0.1) is 11.8 Å². The number of hydrogen-bond donors (Lipinski definition) is 1. The molecule has 0 amide bonds. The van der Waals surface area contributed by atoms with Crippen molar-refractivity contribution in [3.8, 4) is 0 Å². The summed E-state index contributed by atoms with van der Waals surface area (Å²) in [6.07, 6.45) is 2.96. The summed E-state index contributed by atoms with van der Waals surface area (Å²) in [6, 6.07) is 0. The minimum Gasteiger partial charge on any atom is -0.283 e. The van der Waals surface area contributed by atoms with Gasteiger partial charge in [-0.2, -0.15) is 5.10 Å². The van der Waals surface area contributed by atoms with Gasteiger partial charge < -0.3 is 0 Å². The van der Waals surface area contributed by atoms with Gasteiger partial charge in [-0.15, -0.1) is 0 Å². The SMILES string of the molecule is CC(C)C1=C(C(C)C)NN=CC1. The maximum atomic E-state index is 4.08. The molecule has 1 N–H and O–H groups in total. The highest BCUT2D eigenvalue weighted by Crippen LogP contribution is 2.23. The van der Waals surface area contributed by atoms with E-state index < -0.39 is 0 Å². The second kappa shape index (κ2) is 3.74. The maximum Gasteiger partial charge on any atom is 0.0359 e. The van der Waals surface area contributed by atoms with Gasteiger partial charge in [0, 0.05) is 18.3 Å². The van der Waals surface area contributed by atoms with Crippen LogP contribution < -0.4 is 5.43 Å². The molecule has 1 aliphatic heterocycles. The summed E-state index contributed by atoms with van der Waals surface area (Å²) < 4.78 is 0. The molecular formula is C10H18N2. The van der Waals surface area contributed by atoms with Gasteiger partial charge in [0.1, 0.15) is 0 Å². The normalized spacial score (nSPS) is 17.5. The van der Waals surface area contributed by atoms with Crippen LogP contribution in [0.5, 0.6) is 0 Å². The van der Waals surface area contributed by atoms with Gasteiger partial charge in [0.2, 0.25) is 0 Å². The lowest BCUT2D eigenvalue weighted by Gasteiger charge is -2.22. The molecule has 0 atom stereocenters. The minimum atomic E-state index is 0.555. The van der Waals surface area contributed by atoms with Crippen molar-refractivity contribution < 1.29 is 0 Å². The number of allylic oxidation sites excluding steroid dienone is 2. The van der Waals surface area contributed by atoms with E-state index in [1.54, 1.807) is 0 Å². The standard InChI is InChI=1S/C10H18N2/c1-7(2)9-5-6-11-12-10(9)8(3)4/h6-8,12H,5H2,1-4H3. The molecule has 1 rings (SSSR count). The van der Waals surface area contributed by atoms with E-state index in [0.29, 0.717) is 11.8 Å². The Morgan fingerprint density at radius 2 is 1.92 bits per heavy atom. The van der Waals surface area contributed by atoms with E-state index in [1.165, 1.54) is 11.3 Å². The van der Waals surface area contributed by atoms with Crippen LogP contribution in [0.2, 0.25) is 0 Å². The molecule has 0 unspecified atom stereocenters. The zero-order valence-electron chi connectivity index (χ0n) is 8.39. The Morgan fingerprint density at radius 1 is 1.25 bits per heavy atom. The highest BCUT2D eigenvalue weighted by molar-refractivity contribution is 5.63. The van der Waals surface area contributed by atoms with Crippen LogP contribution in [0.25, 0.3) is 0 Å². The predicted molar refractivity (Wildman–Crippen MR) is 52.9 cm³/mol. The van der Waals surface area contributed by atoms with Crippen molar-refractivity contribution in [2.75, 3.05) is 0 Å². The first-order valence-corrected chi connectivity index (χ1v) is 4.63. The first-order valence-electron chi connectivity index (χ1n) is 4.63. The van der Waals surface area contributed by atoms with Crippen LogP contribution in [-0.2, 0) is 0 Å². The van der Waals surface area contributed by atoms with Crippen molar-refractivity contribution >= 4 is 6.21 Å². The molecule has 12 heavy (non-hydrogen) atoms. The molecule has 2 heteroatoms. The van der Waals surface area contributed by atoms with E-state index in [-0.39, 0.29) is 0 Å². The van der Waals surface area contributed by atoms with Crippen molar-refractivity contribution in [3.05, 3.63) is 11.3 Å². The van der Waals surface area contributed by atoms with Crippen LogP contribution in [0.1, 0.15) is 34.1 Å². The zero-order valence-corrected chi connectivity index (χ0v) is 8.39. The number of rotatable bonds is 2. The molecule has 0 aromatic heterocycles. The average molecular weight is 166 g/mol. The summed E-state index contributed by atoms with van der Waals surface area (Å²) in [5.41, 5.74) is 5.91. The molecule has 0 radical (unpaired) electrons. The number of nitrogens with zero attached hydrogens (tertiary/aromatic N) is 1. The van der Waals surface area contributed by atoms with Gasteiger partial charge in [-0.25, -0.2) is 0 Å². The molecular weight excluding hydrogens is 148 g/mol. The van der Waals surface area contributed by atoms with Crippen molar-refractivity contribution in [1.29, 1.82) is 0 Å². The molecule has 0 bridgehead atoms. The van der Waals surface area contributed by atoms with Crippen LogP contribution in [-0.4, -0.2) is 6.21 Å². The molecule has 0 aliphatic carbocycles. The summed E-state index contributed by atoms with van der Waals surface area (Å²) in [5.74, 6) is 1.18. The van der Waals surface area contributed by atoms with Gasteiger partial charge in [0.05, 0.1) is 0 Å². The van der Waals surface area contributed by atoms with E-state index in [9.17, 15) is 0 Å². The van der Waals surface area contributed by atoms with Gasteiger partial charge in [-0.05, 0) is 17.4 Å². The third-order valence-electron chi connectivity index (χ3n) is 2.21. The van der Waals surface area contributed by atoms with Crippen molar-refractivity contribution in [1.82, 2.24) is 5.43 Å². The van der Waals surface area contributed by atoms with Crippen LogP contribution in [0.4, 0.5) is 0 Å². The predicted octanol–water partition coefficient (Wildman–Crippen LogP) is 2.53. The first kappa shape index (κ1) is 9.30. The Kier molecular flexibility index (Phi) is 2.90. The van der Waals surface area contributed by atoms with Crippen molar-refractivity contribution in [2.45, 2.75) is 34.1 Å². The smallest absolute Gasteiger partial charge is 0.0359 e. The minimum absolute atomic E-state index is 0.555. The Hall–Kier alpha value is -0.790. The lowest BCUT2D eigenvalue weighted by Crippen LogP contribution is -2.20. The molecule has 1 aliphatic rings. The summed E-state index contributed by atoms with van der Waals surface area (Å²) in [6.45, 7) is 8.87. The molecule has 68 valence electrons. The molecule has 2 nitrogen and oxygen atoms in total. The summed E-state index contributed by atoms with van der Waals surface area (Å²) in [4.78, 5) is 0. The summed E-state index contributed by atoms with van der Waals surface area (Å²) in [5, 5.41) is 4.08. The summed E-state index contributed by atoms with van der Waals surface area (Å²) >= 11 is 0. The third kappa shape index (κ3) is 1.87. The fraction of sp³-hybridized carbons (Fsp3) is 0.700. The topological polar surface area (TPSA) is 24.4 Å². The van der Waals surface area contributed by atoms with E-state index in [2.05, 4.69) is 38.2 Å². The lowest BCUT2D eigenvalue weighted by molar-refractivity contribution is 0.608. The second-order valence-electron chi connectivity index (χ2n) is 3.88. The van der Waals surface area contributed by atoms with E-state index in [4.69, 9.17) is 0 Å². The first-order chi connectivity index (χ1) is 5.63. The van der Waals surface area contributed by atoms with E-state index >= 15 is 0 Å². The fourth-order valence-corrected chi connectivity index (χ4v) is 1.49. The molecule has 0 spiro atoms. The van der Waals surface area contributed by atoms with Crippen molar-refractivity contribution in [2.24, 2.45) is 16.9 Å². The van der Waals surface area contributed by atoms with E-state index in [0.717, 1.165) is 6.42 Å². The largest absolute Gasteiger partial charge is 0.283 e. The number of hydrogen-bond acceptors (Lipinski definition) is 2. The number of hydrazone groups is 1. The molecule has 0 aromatic carbocycles. The molecule has 0 saturated heterocycles. The molecule has 1 heterocycles. The maximum absolute atomic E-state index is 4.08. The Morgan fingerprint density at radius 3 is 2.33 bits per heavy atom. The van der Waals surface area contributed by atoms with E-state index in [1.807, 2.05) is 6.21 Å². The van der Waals surface area contributed by atoms with Crippen molar-refractivity contribution in [3.63, 3.8) is 0 Å². The van der Waals surface area contributed by atoms with Crippen LogP contribution >= 0.6 is 0 Å².